The molecule has 2 aromatic carbocycles. The normalized spacial score (nSPS) is 14.6. The van der Waals surface area contributed by atoms with E-state index in [4.69, 9.17) is 11.6 Å². The molecule has 0 unspecified atom stereocenters. The Morgan fingerprint density at radius 2 is 1.85 bits per heavy atom. The molecule has 11 heteroatoms. The van der Waals surface area contributed by atoms with Crippen LogP contribution in [0.4, 0.5) is 28.8 Å². The van der Waals surface area contributed by atoms with E-state index in [1.807, 2.05) is 13.0 Å². The van der Waals surface area contributed by atoms with Crippen LogP contribution in [-0.4, -0.2) is 54.1 Å². The van der Waals surface area contributed by atoms with E-state index in [0.717, 1.165) is 55.0 Å². The van der Waals surface area contributed by atoms with E-state index in [2.05, 4.69) is 50.4 Å². The number of nitrogens with one attached hydrogen (secondary N) is 3. The molecule has 0 spiro atoms. The minimum atomic E-state index is -3.55. The lowest BCUT2D eigenvalue weighted by Gasteiger charge is -2.32. The Balaban J connectivity index is 1.64. The summed E-state index contributed by atoms with van der Waals surface area (Å²) in [6.45, 7) is 14.1. The number of amides is 1. The van der Waals surface area contributed by atoms with Gasteiger partial charge in [0, 0.05) is 11.4 Å². The molecule has 2 heterocycles. The van der Waals surface area contributed by atoms with Gasteiger partial charge < -0.3 is 20.9 Å². The Morgan fingerprint density at radius 3 is 2.51 bits per heavy atom. The van der Waals surface area contributed by atoms with Crippen LogP contribution in [0.25, 0.3) is 0 Å². The van der Waals surface area contributed by atoms with Crippen molar-refractivity contribution in [2.24, 2.45) is 0 Å². The maximum absolute atomic E-state index is 12.9. The number of hydrogen-bond acceptors (Lipinski definition) is 8. The van der Waals surface area contributed by atoms with Gasteiger partial charge in [-0.25, -0.2) is 13.4 Å². The lowest BCUT2D eigenvalue weighted by molar-refractivity contribution is -0.111. The van der Waals surface area contributed by atoms with Crippen LogP contribution in [0.1, 0.15) is 50.7 Å². The van der Waals surface area contributed by atoms with Crippen LogP contribution in [0.3, 0.4) is 0 Å². The number of carbonyl (C=O) groups is 1. The van der Waals surface area contributed by atoms with Gasteiger partial charge in [0.05, 0.1) is 22.0 Å². The van der Waals surface area contributed by atoms with Crippen LogP contribution < -0.4 is 16.0 Å². The van der Waals surface area contributed by atoms with Crippen molar-refractivity contribution in [2.45, 2.75) is 56.6 Å². The minimum Gasteiger partial charge on any atom is -0.338 e. The summed E-state index contributed by atoms with van der Waals surface area (Å²) in [5.74, 6) is 0.564. The average Bonchev–Trinajstić information content (AvgIpc) is 2.96. The maximum Gasteiger partial charge on any atom is 0.247 e. The zero-order chi connectivity index (χ0) is 29.7. The molecule has 9 nitrogen and oxygen atoms in total. The Hall–Kier alpha value is -3.47. The van der Waals surface area contributed by atoms with Gasteiger partial charge in [-0.3, -0.25) is 4.79 Å². The third kappa shape index (κ3) is 7.06. The second-order valence-electron chi connectivity index (χ2n) is 10.4. The first kappa shape index (κ1) is 30.5. The molecule has 1 amide bonds. The zero-order valence-corrected chi connectivity index (χ0v) is 25.4. The standard InChI is InChI=1S/C30H37ClN6O3S/c1-6-28(38)33-26-17-25(20(5)16-22(26)21-12-14-37(7-2)15-13-21)35-30-32-18-23(31)29(36-30)34-24-10-8-9-11-27(24)41(39,40)19(3)4/h6,8-11,16-19,21H,1,7,12-15H2,2-5H3,(H,33,38)(H2,32,34,35,36). The topological polar surface area (TPSA) is 116 Å². The van der Waals surface area contributed by atoms with Gasteiger partial charge >= 0.3 is 0 Å². The van der Waals surface area contributed by atoms with Crippen LogP contribution in [0.15, 0.2) is 60.1 Å². The van der Waals surface area contributed by atoms with E-state index >= 15 is 0 Å². The molecular formula is C30H37ClN6O3S. The number of benzene rings is 2. The van der Waals surface area contributed by atoms with Crippen molar-refractivity contribution in [2.75, 3.05) is 35.6 Å². The van der Waals surface area contributed by atoms with Crippen molar-refractivity contribution >= 4 is 56.2 Å². The largest absolute Gasteiger partial charge is 0.338 e. The number of aromatic nitrogens is 2. The van der Waals surface area contributed by atoms with Gasteiger partial charge in [0.25, 0.3) is 0 Å². The molecule has 0 aliphatic carbocycles. The van der Waals surface area contributed by atoms with Gasteiger partial charge in [0.1, 0.15) is 5.02 Å². The molecule has 0 radical (unpaired) electrons. The predicted molar refractivity (Wildman–Crippen MR) is 166 cm³/mol. The Labute approximate surface area is 247 Å². The van der Waals surface area contributed by atoms with Crippen LogP contribution in [0.5, 0.6) is 0 Å². The fraction of sp³-hybridized carbons (Fsp3) is 0.367. The lowest BCUT2D eigenvalue weighted by Crippen LogP contribution is -2.32. The average molecular weight is 597 g/mol. The number of piperidine rings is 1. The fourth-order valence-electron chi connectivity index (χ4n) is 4.89. The van der Waals surface area contributed by atoms with Gasteiger partial charge in [0.15, 0.2) is 15.7 Å². The van der Waals surface area contributed by atoms with Crippen molar-refractivity contribution < 1.29 is 13.2 Å². The highest BCUT2D eigenvalue weighted by Crippen LogP contribution is 2.37. The Morgan fingerprint density at radius 1 is 1.15 bits per heavy atom. The highest BCUT2D eigenvalue weighted by atomic mass is 35.5. The van der Waals surface area contributed by atoms with Crippen LogP contribution in [0, 0.1) is 6.92 Å². The molecule has 1 aliphatic heterocycles. The summed E-state index contributed by atoms with van der Waals surface area (Å²) in [4.78, 5) is 23.8. The first-order chi connectivity index (χ1) is 19.5. The fourth-order valence-corrected chi connectivity index (χ4v) is 6.23. The molecule has 0 bridgehead atoms. The number of para-hydroxylation sites is 1. The molecule has 0 saturated carbocycles. The molecule has 218 valence electrons. The molecule has 3 aromatic rings. The number of likely N-dealkylation sites (tertiary alicyclic amines) is 1. The molecular weight excluding hydrogens is 560 g/mol. The summed E-state index contributed by atoms with van der Waals surface area (Å²) >= 11 is 6.41. The Kier molecular flexibility index (Phi) is 9.68. The quantitative estimate of drug-likeness (QED) is 0.229. The summed E-state index contributed by atoms with van der Waals surface area (Å²) in [6, 6.07) is 10.7. The van der Waals surface area contributed by atoms with Gasteiger partial charge in [0.2, 0.25) is 11.9 Å². The van der Waals surface area contributed by atoms with Gasteiger partial charge in [-0.05, 0) is 94.6 Å². The summed E-state index contributed by atoms with van der Waals surface area (Å²) in [5.41, 5.74) is 3.88. The number of anilines is 5. The van der Waals surface area contributed by atoms with E-state index in [-0.39, 0.29) is 27.6 Å². The number of halogens is 1. The monoisotopic (exact) mass is 596 g/mol. The van der Waals surface area contributed by atoms with E-state index in [1.165, 1.54) is 12.3 Å². The van der Waals surface area contributed by atoms with E-state index in [1.54, 1.807) is 38.1 Å². The summed E-state index contributed by atoms with van der Waals surface area (Å²) in [7, 11) is -3.55. The molecule has 1 aliphatic rings. The summed E-state index contributed by atoms with van der Waals surface area (Å²) in [5, 5.41) is 8.93. The molecule has 3 N–H and O–H groups in total. The number of nitrogens with zero attached hydrogens (tertiary/aromatic N) is 3. The maximum atomic E-state index is 12.9. The van der Waals surface area contributed by atoms with Gasteiger partial charge in [-0.15, -0.1) is 0 Å². The van der Waals surface area contributed by atoms with E-state index in [0.29, 0.717) is 11.6 Å². The van der Waals surface area contributed by atoms with Gasteiger partial charge in [-0.2, -0.15) is 4.98 Å². The van der Waals surface area contributed by atoms with Crippen molar-refractivity contribution in [1.82, 2.24) is 14.9 Å². The van der Waals surface area contributed by atoms with Crippen LogP contribution in [0.2, 0.25) is 5.02 Å². The number of hydrogen-bond donors (Lipinski definition) is 3. The van der Waals surface area contributed by atoms with Crippen molar-refractivity contribution in [3.8, 4) is 0 Å². The first-order valence-electron chi connectivity index (χ1n) is 13.7. The lowest BCUT2D eigenvalue weighted by atomic mass is 9.87. The van der Waals surface area contributed by atoms with Crippen LogP contribution >= 0.6 is 11.6 Å². The first-order valence-corrected chi connectivity index (χ1v) is 15.7. The smallest absolute Gasteiger partial charge is 0.247 e. The van der Waals surface area contributed by atoms with Crippen molar-refractivity contribution in [1.29, 1.82) is 0 Å². The highest BCUT2D eigenvalue weighted by Gasteiger charge is 2.25. The molecule has 41 heavy (non-hydrogen) atoms. The summed E-state index contributed by atoms with van der Waals surface area (Å²) < 4.78 is 25.8. The molecule has 0 atom stereocenters. The molecule has 4 rings (SSSR count). The SMILES string of the molecule is C=CC(=O)Nc1cc(Nc2ncc(Cl)c(Nc3ccccc3S(=O)(=O)C(C)C)n2)c(C)cc1C1CCN(CC)CC1. The highest BCUT2D eigenvalue weighted by molar-refractivity contribution is 7.92. The van der Waals surface area contributed by atoms with Gasteiger partial charge in [-0.1, -0.05) is 43.3 Å². The zero-order valence-electron chi connectivity index (χ0n) is 23.9. The van der Waals surface area contributed by atoms with Crippen molar-refractivity contribution in [3.05, 3.63) is 71.4 Å². The Bertz CT molecular complexity index is 1540. The second-order valence-corrected chi connectivity index (χ2v) is 13.3. The predicted octanol–water partition coefficient (Wildman–Crippen LogP) is 6.43. The van der Waals surface area contributed by atoms with Crippen LogP contribution in [-0.2, 0) is 14.6 Å². The minimum absolute atomic E-state index is 0.165. The van der Waals surface area contributed by atoms with Crippen molar-refractivity contribution in [3.63, 3.8) is 0 Å². The molecule has 1 aromatic heterocycles. The summed E-state index contributed by atoms with van der Waals surface area (Å²) in [6.07, 6.45) is 4.74. The van der Waals surface area contributed by atoms with E-state index < -0.39 is 15.1 Å². The number of rotatable bonds is 10. The second kappa shape index (κ2) is 13.0. The number of carbonyl (C=O) groups excluding carboxylic acids is 1. The number of sulfone groups is 1. The molecule has 1 saturated heterocycles. The molecule has 1 fully saturated rings. The number of aryl methyl sites for hydroxylation is 1. The van der Waals surface area contributed by atoms with E-state index in [9.17, 15) is 13.2 Å². The third-order valence-corrected chi connectivity index (χ3v) is 9.86. The third-order valence-electron chi connectivity index (χ3n) is 7.37.